The van der Waals surface area contributed by atoms with Gasteiger partial charge in [-0.3, -0.25) is 4.79 Å². The Morgan fingerprint density at radius 3 is 2.38 bits per heavy atom. The fourth-order valence-electron chi connectivity index (χ4n) is 3.22. The summed E-state index contributed by atoms with van der Waals surface area (Å²) in [5.74, 6) is -1.21. The van der Waals surface area contributed by atoms with Crippen LogP contribution in [-0.4, -0.2) is 50.3 Å². The number of carbonyl (C=O) groups excluding carboxylic acids is 1. The van der Waals surface area contributed by atoms with Crippen molar-refractivity contribution in [1.82, 2.24) is 14.5 Å². The highest BCUT2D eigenvalue weighted by Gasteiger charge is 2.57. The average Bonchev–Trinajstić information content (AvgIpc) is 3.10. The third-order valence-corrected chi connectivity index (χ3v) is 4.87. The Morgan fingerprint density at radius 2 is 1.81 bits per heavy atom. The molecule has 1 N–H and O–H groups in total. The number of hydrogen-bond acceptors (Lipinski definition) is 3. The van der Waals surface area contributed by atoms with Gasteiger partial charge in [-0.1, -0.05) is 18.2 Å². The Kier molecular flexibility index (Phi) is 4.79. The van der Waals surface area contributed by atoms with E-state index in [4.69, 9.17) is 0 Å². The van der Waals surface area contributed by atoms with Gasteiger partial charge in [0.1, 0.15) is 0 Å². The Hall–Kier alpha value is -2.35. The molecule has 140 valence electrons. The smallest absolute Gasteiger partial charge is 0.373 e. The molecule has 1 aromatic carbocycles. The van der Waals surface area contributed by atoms with Crippen molar-refractivity contribution in [3.63, 3.8) is 0 Å². The average molecular weight is 367 g/mol. The van der Waals surface area contributed by atoms with E-state index >= 15 is 0 Å². The van der Waals surface area contributed by atoms with Crippen LogP contribution in [0.2, 0.25) is 0 Å². The minimum atomic E-state index is -4.99. The summed E-state index contributed by atoms with van der Waals surface area (Å²) in [5, 5.41) is 9.58. The summed E-state index contributed by atoms with van der Waals surface area (Å²) in [6.45, 7) is 0.831. The number of piperidine rings is 1. The van der Waals surface area contributed by atoms with Gasteiger partial charge in [-0.15, -0.1) is 0 Å². The lowest BCUT2D eigenvalue weighted by atomic mass is 9.92. The van der Waals surface area contributed by atoms with Crippen molar-refractivity contribution in [1.29, 1.82) is 0 Å². The van der Waals surface area contributed by atoms with Crippen LogP contribution in [0, 0.1) is 0 Å². The predicted molar refractivity (Wildman–Crippen MR) is 88.8 cm³/mol. The van der Waals surface area contributed by atoms with Crippen molar-refractivity contribution in [3.05, 3.63) is 48.5 Å². The zero-order valence-electron chi connectivity index (χ0n) is 14.3. The van der Waals surface area contributed by atoms with Crippen molar-refractivity contribution < 1.29 is 23.1 Å². The molecule has 26 heavy (non-hydrogen) atoms. The van der Waals surface area contributed by atoms with Gasteiger partial charge < -0.3 is 14.6 Å². The first-order chi connectivity index (χ1) is 12.2. The summed E-state index contributed by atoms with van der Waals surface area (Å²) < 4.78 is 40.6. The van der Waals surface area contributed by atoms with Crippen LogP contribution >= 0.6 is 0 Å². The van der Waals surface area contributed by atoms with Crippen LogP contribution in [0.25, 0.3) is 5.69 Å². The number of benzene rings is 1. The fourth-order valence-corrected chi connectivity index (χ4v) is 3.22. The zero-order valence-corrected chi connectivity index (χ0v) is 14.3. The molecular formula is C18H20F3N3O2. The van der Waals surface area contributed by atoms with Crippen molar-refractivity contribution >= 4 is 5.91 Å². The molecule has 0 radical (unpaired) electrons. The lowest BCUT2D eigenvalue weighted by molar-refractivity contribution is -0.250. The second-order valence-corrected chi connectivity index (χ2v) is 6.66. The molecule has 0 saturated carbocycles. The molecule has 0 aliphatic carbocycles. The SMILES string of the molecule is CC(O)(C(=O)N1CCC(c2cncn2-c2ccccc2)CC1)C(F)(F)F. The summed E-state index contributed by atoms with van der Waals surface area (Å²) in [5.41, 5.74) is -1.43. The summed E-state index contributed by atoms with van der Waals surface area (Å²) in [7, 11) is 0. The monoisotopic (exact) mass is 367 g/mol. The van der Waals surface area contributed by atoms with E-state index in [1.807, 2.05) is 34.9 Å². The van der Waals surface area contributed by atoms with E-state index in [0.29, 0.717) is 19.8 Å². The molecule has 1 fully saturated rings. The first-order valence-electron chi connectivity index (χ1n) is 8.38. The number of halogens is 3. The molecule has 1 atom stereocenters. The van der Waals surface area contributed by atoms with E-state index in [9.17, 15) is 23.1 Å². The molecular weight excluding hydrogens is 347 g/mol. The van der Waals surface area contributed by atoms with E-state index < -0.39 is 17.7 Å². The topological polar surface area (TPSA) is 58.4 Å². The van der Waals surface area contributed by atoms with Gasteiger partial charge in [-0.25, -0.2) is 4.98 Å². The number of likely N-dealkylation sites (tertiary alicyclic amines) is 1. The third-order valence-electron chi connectivity index (χ3n) is 4.87. The molecule has 8 heteroatoms. The van der Waals surface area contributed by atoms with Gasteiger partial charge in [0.15, 0.2) is 0 Å². The lowest BCUT2D eigenvalue weighted by Crippen LogP contribution is -2.57. The number of amides is 1. The molecule has 1 aliphatic heterocycles. The fraction of sp³-hybridized carbons (Fsp3) is 0.444. The van der Waals surface area contributed by atoms with E-state index in [0.717, 1.165) is 16.3 Å². The quantitative estimate of drug-likeness (QED) is 0.908. The normalized spacial score (nSPS) is 18.6. The molecule has 1 aliphatic rings. The third kappa shape index (κ3) is 3.33. The van der Waals surface area contributed by atoms with Crippen LogP contribution in [0.15, 0.2) is 42.9 Å². The first kappa shape index (κ1) is 18.4. The minimum Gasteiger partial charge on any atom is -0.373 e. The maximum absolute atomic E-state index is 12.9. The molecule has 2 aromatic rings. The lowest BCUT2D eigenvalue weighted by Gasteiger charge is -2.36. The number of rotatable bonds is 3. The number of alkyl halides is 3. The van der Waals surface area contributed by atoms with Gasteiger partial charge in [-0.2, -0.15) is 13.2 Å². The van der Waals surface area contributed by atoms with E-state index in [1.165, 1.54) is 0 Å². The van der Waals surface area contributed by atoms with Gasteiger partial charge in [0.25, 0.3) is 5.91 Å². The highest BCUT2D eigenvalue weighted by molar-refractivity contribution is 5.85. The van der Waals surface area contributed by atoms with E-state index in [2.05, 4.69) is 4.98 Å². The highest BCUT2D eigenvalue weighted by Crippen LogP contribution is 2.34. The molecule has 2 heterocycles. The van der Waals surface area contributed by atoms with E-state index in [-0.39, 0.29) is 19.0 Å². The van der Waals surface area contributed by atoms with Gasteiger partial charge in [0.05, 0.1) is 6.33 Å². The maximum Gasteiger partial charge on any atom is 0.426 e. The number of aliphatic hydroxyl groups is 1. The van der Waals surface area contributed by atoms with Crippen LogP contribution < -0.4 is 0 Å². The number of para-hydroxylation sites is 1. The highest BCUT2D eigenvalue weighted by atomic mass is 19.4. The Bertz CT molecular complexity index is 763. The standard InChI is InChI=1S/C18H20F3N3O2/c1-17(26,18(19,20)21)16(25)23-9-7-13(8-10-23)15-11-22-12-24(15)14-5-3-2-4-6-14/h2-6,11-13,26H,7-10H2,1H3. The minimum absolute atomic E-state index is 0.0811. The van der Waals surface area contributed by atoms with Crippen LogP contribution in [0.5, 0.6) is 0 Å². The van der Waals surface area contributed by atoms with Crippen molar-refractivity contribution in [2.24, 2.45) is 0 Å². The molecule has 3 rings (SSSR count). The summed E-state index contributed by atoms with van der Waals surface area (Å²) in [6.07, 6.45) is -0.513. The van der Waals surface area contributed by atoms with Gasteiger partial charge in [0, 0.05) is 36.6 Å². The van der Waals surface area contributed by atoms with Crippen LogP contribution in [0.1, 0.15) is 31.4 Å². The predicted octanol–water partition coefficient (Wildman–Crippen LogP) is 2.89. The van der Waals surface area contributed by atoms with Crippen LogP contribution in [0.3, 0.4) is 0 Å². The molecule has 0 bridgehead atoms. The number of carbonyl (C=O) groups is 1. The number of hydrogen-bond donors (Lipinski definition) is 1. The van der Waals surface area contributed by atoms with Gasteiger partial charge in [0.2, 0.25) is 5.60 Å². The maximum atomic E-state index is 12.9. The van der Waals surface area contributed by atoms with Crippen LogP contribution in [-0.2, 0) is 4.79 Å². The Balaban J connectivity index is 1.71. The molecule has 0 spiro atoms. The van der Waals surface area contributed by atoms with Gasteiger partial charge in [-0.05, 0) is 31.9 Å². The molecule has 1 unspecified atom stereocenters. The number of nitrogens with zero attached hydrogens (tertiary/aromatic N) is 3. The first-order valence-corrected chi connectivity index (χ1v) is 8.38. The van der Waals surface area contributed by atoms with E-state index in [1.54, 1.807) is 12.5 Å². The van der Waals surface area contributed by atoms with Crippen molar-refractivity contribution in [3.8, 4) is 5.69 Å². The van der Waals surface area contributed by atoms with Crippen molar-refractivity contribution in [2.75, 3.05) is 13.1 Å². The molecule has 1 amide bonds. The van der Waals surface area contributed by atoms with Crippen LogP contribution in [0.4, 0.5) is 13.2 Å². The second kappa shape index (κ2) is 6.75. The summed E-state index contributed by atoms with van der Waals surface area (Å²) in [4.78, 5) is 17.4. The zero-order chi connectivity index (χ0) is 18.9. The Morgan fingerprint density at radius 1 is 1.19 bits per heavy atom. The molecule has 5 nitrogen and oxygen atoms in total. The summed E-state index contributed by atoms with van der Waals surface area (Å²) >= 11 is 0. The second-order valence-electron chi connectivity index (χ2n) is 6.66. The molecule has 1 saturated heterocycles. The Labute approximate surface area is 149 Å². The van der Waals surface area contributed by atoms with Crippen molar-refractivity contribution in [2.45, 2.75) is 37.5 Å². The number of aromatic nitrogens is 2. The molecule has 1 aromatic heterocycles. The largest absolute Gasteiger partial charge is 0.426 e. The van der Waals surface area contributed by atoms with Gasteiger partial charge >= 0.3 is 6.18 Å². The summed E-state index contributed by atoms with van der Waals surface area (Å²) in [6, 6.07) is 9.64. The number of imidazole rings is 1.